The van der Waals surface area contributed by atoms with Crippen molar-refractivity contribution < 1.29 is 14.2 Å². The molecular weight excluding hydrogens is 498 g/mol. The van der Waals surface area contributed by atoms with Gasteiger partial charge in [0.25, 0.3) is 0 Å². The molecule has 0 saturated carbocycles. The summed E-state index contributed by atoms with van der Waals surface area (Å²) in [6.07, 6.45) is 0. The zero-order chi connectivity index (χ0) is 28.3. The van der Waals surface area contributed by atoms with Gasteiger partial charge in [0.2, 0.25) is 0 Å². The topological polar surface area (TPSA) is 37.4 Å². The van der Waals surface area contributed by atoms with E-state index in [2.05, 4.69) is 84.0 Å². The molecule has 0 radical (unpaired) electrons. The highest BCUT2D eigenvalue weighted by atomic mass is 16.5. The molecule has 2 heterocycles. The van der Waals surface area contributed by atoms with E-state index in [-0.39, 0.29) is 0 Å². The molecule has 2 saturated heterocycles. The maximum absolute atomic E-state index is 5.37. The van der Waals surface area contributed by atoms with Crippen LogP contribution in [0, 0.1) is 20.8 Å². The molecule has 3 aromatic rings. The van der Waals surface area contributed by atoms with Gasteiger partial charge in [0.15, 0.2) is 0 Å². The molecule has 2 fully saturated rings. The van der Waals surface area contributed by atoms with E-state index >= 15 is 0 Å². The fourth-order valence-electron chi connectivity index (χ4n) is 5.41. The number of nitrogens with zero attached hydrogens (tertiary/aromatic N) is 3. The molecule has 40 heavy (non-hydrogen) atoms. The fourth-order valence-corrected chi connectivity index (χ4v) is 5.41. The van der Waals surface area contributed by atoms with Crippen molar-refractivity contribution in [2.45, 2.75) is 40.4 Å². The molecule has 0 spiro atoms. The van der Waals surface area contributed by atoms with Gasteiger partial charge in [0, 0.05) is 58.9 Å². The fraction of sp³-hybridized carbons (Fsp3) is 0.471. The van der Waals surface area contributed by atoms with Gasteiger partial charge in [-0.2, -0.15) is 0 Å². The number of methoxy groups -OCH3 is 2. The lowest BCUT2D eigenvalue weighted by Crippen LogP contribution is -2.45. The van der Waals surface area contributed by atoms with Crippen LogP contribution in [0.15, 0.2) is 60.7 Å². The van der Waals surface area contributed by atoms with Crippen LogP contribution >= 0.6 is 0 Å². The van der Waals surface area contributed by atoms with Crippen LogP contribution in [0.2, 0.25) is 0 Å². The summed E-state index contributed by atoms with van der Waals surface area (Å²) in [5, 5.41) is 0. The van der Waals surface area contributed by atoms with E-state index in [0.29, 0.717) is 0 Å². The van der Waals surface area contributed by atoms with Gasteiger partial charge in [-0.25, -0.2) is 0 Å². The molecule has 0 aliphatic carbocycles. The smallest absolute Gasteiger partial charge is 0.122 e. The first kappa shape index (κ1) is 30.1. The van der Waals surface area contributed by atoms with Gasteiger partial charge in [-0.05, 0) is 66.8 Å². The van der Waals surface area contributed by atoms with E-state index in [1.165, 1.54) is 33.4 Å². The van der Waals surface area contributed by atoms with Gasteiger partial charge >= 0.3 is 0 Å². The monoisotopic (exact) mass is 545 g/mol. The van der Waals surface area contributed by atoms with E-state index < -0.39 is 0 Å². The molecule has 0 N–H and O–H groups in total. The highest BCUT2D eigenvalue weighted by molar-refractivity contribution is 5.43. The van der Waals surface area contributed by atoms with Crippen LogP contribution in [0.1, 0.15) is 33.4 Å². The summed E-state index contributed by atoms with van der Waals surface area (Å²) in [5.74, 6) is 1.91. The third kappa shape index (κ3) is 8.80. The summed E-state index contributed by atoms with van der Waals surface area (Å²) in [6.45, 7) is 17.9. The van der Waals surface area contributed by atoms with Crippen molar-refractivity contribution in [2.75, 3.05) is 66.7 Å². The second-order valence-electron chi connectivity index (χ2n) is 11.0. The van der Waals surface area contributed by atoms with Crippen LogP contribution in [0.25, 0.3) is 0 Å². The van der Waals surface area contributed by atoms with E-state index in [1.807, 2.05) is 12.1 Å². The van der Waals surface area contributed by atoms with Crippen molar-refractivity contribution in [2.24, 2.45) is 0 Å². The van der Waals surface area contributed by atoms with Gasteiger partial charge < -0.3 is 14.2 Å². The first-order chi connectivity index (χ1) is 19.4. The first-order valence-corrected chi connectivity index (χ1v) is 14.5. The Kier molecular flexibility index (Phi) is 11.4. The molecule has 0 atom stereocenters. The molecule has 216 valence electrons. The van der Waals surface area contributed by atoms with Crippen molar-refractivity contribution in [1.29, 1.82) is 0 Å². The van der Waals surface area contributed by atoms with Gasteiger partial charge in [-0.3, -0.25) is 14.7 Å². The lowest BCUT2D eigenvalue weighted by atomic mass is 10.0. The van der Waals surface area contributed by atoms with Crippen molar-refractivity contribution in [3.8, 4) is 11.5 Å². The quantitative estimate of drug-likeness (QED) is 0.374. The minimum absolute atomic E-state index is 0.855. The second-order valence-corrected chi connectivity index (χ2v) is 11.0. The average molecular weight is 546 g/mol. The molecule has 2 aliphatic heterocycles. The predicted molar refractivity (Wildman–Crippen MR) is 163 cm³/mol. The number of benzene rings is 3. The maximum Gasteiger partial charge on any atom is 0.122 e. The summed E-state index contributed by atoms with van der Waals surface area (Å²) >= 11 is 0. The zero-order valence-corrected chi connectivity index (χ0v) is 25.1. The zero-order valence-electron chi connectivity index (χ0n) is 25.1. The SMILES string of the molecule is COc1ccc(CN2CCN(Cc3cccc(C)c3)CC2)cc1.COc1ccc(CN2CCOCC2)c(C)c1C. The van der Waals surface area contributed by atoms with Gasteiger partial charge in [-0.1, -0.05) is 48.0 Å². The lowest BCUT2D eigenvalue weighted by Gasteiger charge is -2.34. The Labute approximate surface area is 241 Å². The van der Waals surface area contributed by atoms with Gasteiger partial charge in [0.05, 0.1) is 27.4 Å². The highest BCUT2D eigenvalue weighted by Crippen LogP contribution is 2.25. The van der Waals surface area contributed by atoms with E-state index in [9.17, 15) is 0 Å². The molecule has 6 nitrogen and oxygen atoms in total. The summed E-state index contributed by atoms with van der Waals surface area (Å²) in [7, 11) is 3.44. The highest BCUT2D eigenvalue weighted by Gasteiger charge is 2.17. The van der Waals surface area contributed by atoms with Crippen LogP contribution in [-0.4, -0.2) is 81.4 Å². The van der Waals surface area contributed by atoms with Crippen LogP contribution < -0.4 is 9.47 Å². The van der Waals surface area contributed by atoms with Gasteiger partial charge in [0.1, 0.15) is 11.5 Å². The Morgan fingerprint density at radius 1 is 0.625 bits per heavy atom. The Hall–Kier alpha value is -2.90. The number of morpholine rings is 1. The molecule has 0 aromatic heterocycles. The van der Waals surface area contributed by atoms with Crippen molar-refractivity contribution in [3.05, 3.63) is 94.0 Å². The Bertz CT molecular complexity index is 1180. The van der Waals surface area contributed by atoms with Crippen LogP contribution in [0.5, 0.6) is 11.5 Å². The Morgan fingerprint density at radius 3 is 1.85 bits per heavy atom. The number of hydrogen-bond acceptors (Lipinski definition) is 6. The molecule has 3 aromatic carbocycles. The van der Waals surface area contributed by atoms with Crippen LogP contribution in [0.3, 0.4) is 0 Å². The third-order valence-corrected chi connectivity index (χ3v) is 8.09. The number of ether oxygens (including phenoxy) is 3. The molecule has 0 bridgehead atoms. The minimum atomic E-state index is 0.855. The Morgan fingerprint density at radius 2 is 1.25 bits per heavy atom. The third-order valence-electron chi connectivity index (χ3n) is 8.09. The molecule has 0 amide bonds. The predicted octanol–water partition coefficient (Wildman–Crippen LogP) is 5.47. The van der Waals surface area contributed by atoms with Crippen molar-refractivity contribution in [1.82, 2.24) is 14.7 Å². The number of aryl methyl sites for hydroxylation is 1. The lowest BCUT2D eigenvalue weighted by molar-refractivity contribution is 0.0341. The van der Waals surface area contributed by atoms with Gasteiger partial charge in [-0.15, -0.1) is 0 Å². The number of hydrogen-bond donors (Lipinski definition) is 0. The summed E-state index contributed by atoms with van der Waals surface area (Å²) < 4.78 is 15.9. The van der Waals surface area contributed by atoms with E-state index in [0.717, 1.165) is 83.6 Å². The molecule has 5 rings (SSSR count). The first-order valence-electron chi connectivity index (χ1n) is 14.5. The van der Waals surface area contributed by atoms with E-state index in [4.69, 9.17) is 14.2 Å². The van der Waals surface area contributed by atoms with Crippen LogP contribution in [0.4, 0.5) is 0 Å². The Balaban J connectivity index is 0.000000194. The standard InChI is InChI=1S/C20H26N2O.C14H21NO2/c1-17-4-3-5-19(14-17)16-22-12-10-21(11-13-22)15-18-6-8-20(23-2)9-7-18;1-11-12(2)14(16-3)5-4-13(11)10-15-6-8-17-9-7-15/h3-9,14H,10-13,15-16H2,1-2H3;4-5H,6-10H2,1-3H3. The maximum atomic E-state index is 5.37. The average Bonchev–Trinajstić information content (AvgIpc) is 2.98. The minimum Gasteiger partial charge on any atom is -0.497 e. The molecular formula is C34H47N3O3. The van der Waals surface area contributed by atoms with Crippen LogP contribution in [-0.2, 0) is 24.4 Å². The van der Waals surface area contributed by atoms with Crippen molar-refractivity contribution in [3.63, 3.8) is 0 Å². The van der Waals surface area contributed by atoms with Crippen molar-refractivity contribution >= 4 is 0 Å². The summed E-state index contributed by atoms with van der Waals surface area (Å²) in [6, 6.07) is 21.5. The summed E-state index contributed by atoms with van der Waals surface area (Å²) in [4.78, 5) is 7.53. The number of rotatable bonds is 8. The molecule has 6 heteroatoms. The molecule has 2 aliphatic rings. The molecule has 0 unspecified atom stereocenters. The van der Waals surface area contributed by atoms with E-state index in [1.54, 1.807) is 14.2 Å². The summed E-state index contributed by atoms with van der Waals surface area (Å²) in [5.41, 5.74) is 8.12. The second kappa shape index (κ2) is 15.2. The largest absolute Gasteiger partial charge is 0.497 e. The normalized spacial score (nSPS) is 16.7. The number of piperazine rings is 1.